The first-order chi connectivity index (χ1) is 8.68. The average Bonchev–Trinajstić information content (AvgIpc) is 2.77. The van der Waals surface area contributed by atoms with E-state index in [4.69, 9.17) is 4.52 Å². The lowest BCUT2D eigenvalue weighted by Gasteiger charge is -2.10. The minimum Gasteiger partial charge on any atom is -0.338 e. The fourth-order valence-corrected chi connectivity index (χ4v) is 1.35. The van der Waals surface area contributed by atoms with Crippen molar-refractivity contribution >= 4 is 0 Å². The van der Waals surface area contributed by atoms with Crippen LogP contribution in [0.1, 0.15) is 32.4 Å². The summed E-state index contributed by atoms with van der Waals surface area (Å²) in [5.74, 6) is 0.401. The first kappa shape index (κ1) is 13.5. The quantitative estimate of drug-likeness (QED) is 0.797. The van der Waals surface area contributed by atoms with E-state index in [1.807, 2.05) is 20.8 Å². The van der Waals surface area contributed by atoms with Gasteiger partial charge < -0.3 is 4.52 Å². The molecule has 0 amide bonds. The molecule has 0 aliphatic heterocycles. The van der Waals surface area contributed by atoms with Gasteiger partial charge in [-0.15, -0.1) is 0 Å². The molecule has 19 heavy (non-hydrogen) atoms. The van der Waals surface area contributed by atoms with Crippen LogP contribution in [0, 0.1) is 0 Å². The third-order valence-corrected chi connectivity index (χ3v) is 2.34. The summed E-state index contributed by atoms with van der Waals surface area (Å²) < 4.78 is 42.7. The normalized spacial score (nSPS) is 12.7. The zero-order valence-electron chi connectivity index (χ0n) is 10.6. The molecule has 102 valence electrons. The van der Waals surface area contributed by atoms with Crippen LogP contribution >= 0.6 is 0 Å². The third kappa shape index (κ3) is 2.91. The Morgan fingerprint density at radius 1 is 1.05 bits per heavy atom. The zero-order valence-corrected chi connectivity index (χ0v) is 10.6. The molecule has 0 atom stereocenters. The molecule has 0 unspecified atom stereocenters. The van der Waals surface area contributed by atoms with Crippen LogP contribution in [-0.4, -0.2) is 15.1 Å². The molecule has 0 fully saturated rings. The van der Waals surface area contributed by atoms with Crippen molar-refractivity contribution in [2.75, 3.05) is 0 Å². The number of nitrogens with zero attached hydrogens (tertiary/aromatic N) is 3. The predicted molar refractivity (Wildman–Crippen MR) is 61.2 cm³/mol. The van der Waals surface area contributed by atoms with Gasteiger partial charge in [-0.3, -0.25) is 0 Å². The van der Waals surface area contributed by atoms with Gasteiger partial charge >= 0.3 is 6.18 Å². The smallest absolute Gasteiger partial charge is 0.338 e. The van der Waals surface area contributed by atoms with Gasteiger partial charge in [0.1, 0.15) is 11.4 Å². The van der Waals surface area contributed by atoms with Crippen molar-refractivity contribution in [3.63, 3.8) is 0 Å². The Kier molecular flexibility index (Phi) is 3.07. The molecule has 4 nitrogen and oxygen atoms in total. The second-order valence-electron chi connectivity index (χ2n) is 5.08. The van der Waals surface area contributed by atoms with Crippen LogP contribution in [0.25, 0.3) is 11.5 Å². The second-order valence-corrected chi connectivity index (χ2v) is 5.08. The molecule has 0 N–H and O–H groups in total. The highest BCUT2D eigenvalue weighted by molar-refractivity contribution is 5.48. The molecule has 0 aromatic carbocycles. The van der Waals surface area contributed by atoms with Crippen LogP contribution in [0.4, 0.5) is 13.2 Å². The molecule has 0 saturated heterocycles. The van der Waals surface area contributed by atoms with Crippen molar-refractivity contribution in [1.29, 1.82) is 0 Å². The van der Waals surface area contributed by atoms with Gasteiger partial charge in [0.2, 0.25) is 11.7 Å². The molecule has 2 heterocycles. The van der Waals surface area contributed by atoms with Gasteiger partial charge in [-0.1, -0.05) is 32.0 Å². The summed E-state index contributed by atoms with van der Waals surface area (Å²) in [4.78, 5) is 7.57. The van der Waals surface area contributed by atoms with Crippen molar-refractivity contribution in [3.05, 3.63) is 29.8 Å². The summed E-state index contributed by atoms with van der Waals surface area (Å²) in [7, 11) is 0. The Hall–Kier alpha value is -1.92. The standard InChI is InChI=1S/C12H12F3N3O/c1-11(2,3)10-17-9(18-19-10)7-5-4-6-8(16-7)12(13,14)15/h4-6H,1-3H3. The van der Waals surface area contributed by atoms with Gasteiger partial charge in [0.15, 0.2) is 0 Å². The van der Waals surface area contributed by atoms with Gasteiger partial charge in [0.25, 0.3) is 0 Å². The van der Waals surface area contributed by atoms with Crippen LogP contribution in [0.15, 0.2) is 22.7 Å². The largest absolute Gasteiger partial charge is 0.433 e. The molecule has 0 saturated carbocycles. The van der Waals surface area contributed by atoms with Crippen LogP contribution in [0.5, 0.6) is 0 Å². The van der Waals surface area contributed by atoms with E-state index >= 15 is 0 Å². The molecule has 2 aromatic heterocycles. The minimum absolute atomic E-state index is 0.0362. The summed E-state index contributed by atoms with van der Waals surface area (Å²) in [6.07, 6.45) is -4.49. The molecule has 0 aliphatic carbocycles. The van der Waals surface area contributed by atoms with E-state index in [0.717, 1.165) is 6.07 Å². The van der Waals surface area contributed by atoms with E-state index in [0.29, 0.717) is 5.89 Å². The number of halogens is 3. The number of alkyl halides is 3. The Balaban J connectivity index is 2.40. The van der Waals surface area contributed by atoms with E-state index < -0.39 is 11.9 Å². The van der Waals surface area contributed by atoms with Gasteiger partial charge in [-0.2, -0.15) is 18.2 Å². The lowest BCUT2D eigenvalue weighted by molar-refractivity contribution is -0.141. The number of pyridine rings is 1. The minimum atomic E-state index is -4.49. The highest BCUT2D eigenvalue weighted by Gasteiger charge is 2.33. The summed E-state index contributed by atoms with van der Waals surface area (Å²) in [5, 5.41) is 3.66. The van der Waals surface area contributed by atoms with Crippen LogP contribution in [0.2, 0.25) is 0 Å². The molecule has 0 aliphatic rings. The second kappa shape index (κ2) is 4.32. The van der Waals surface area contributed by atoms with Crippen LogP contribution < -0.4 is 0 Å². The van der Waals surface area contributed by atoms with Crippen molar-refractivity contribution in [2.45, 2.75) is 32.4 Å². The number of aromatic nitrogens is 3. The Morgan fingerprint density at radius 3 is 2.26 bits per heavy atom. The van der Waals surface area contributed by atoms with Gasteiger partial charge in [-0.25, -0.2) is 4.98 Å². The van der Waals surface area contributed by atoms with Crippen molar-refractivity contribution in [1.82, 2.24) is 15.1 Å². The first-order valence-corrected chi connectivity index (χ1v) is 5.57. The van der Waals surface area contributed by atoms with Gasteiger partial charge in [0, 0.05) is 5.41 Å². The zero-order chi connectivity index (χ0) is 14.3. The van der Waals surface area contributed by atoms with Crippen molar-refractivity contribution in [3.8, 4) is 11.5 Å². The van der Waals surface area contributed by atoms with Crippen LogP contribution in [-0.2, 0) is 11.6 Å². The topological polar surface area (TPSA) is 51.8 Å². The highest BCUT2D eigenvalue weighted by Crippen LogP contribution is 2.29. The fourth-order valence-electron chi connectivity index (χ4n) is 1.35. The molecule has 7 heteroatoms. The highest BCUT2D eigenvalue weighted by atomic mass is 19.4. The van der Waals surface area contributed by atoms with Crippen molar-refractivity contribution < 1.29 is 17.7 Å². The van der Waals surface area contributed by atoms with E-state index in [9.17, 15) is 13.2 Å². The molecule has 0 bridgehead atoms. The Labute approximate surface area is 107 Å². The lowest BCUT2D eigenvalue weighted by Crippen LogP contribution is -2.11. The molecular formula is C12H12F3N3O. The fraction of sp³-hybridized carbons (Fsp3) is 0.417. The van der Waals surface area contributed by atoms with Gasteiger partial charge in [0.05, 0.1) is 0 Å². The monoisotopic (exact) mass is 271 g/mol. The van der Waals surface area contributed by atoms with E-state index in [2.05, 4.69) is 15.1 Å². The average molecular weight is 271 g/mol. The van der Waals surface area contributed by atoms with Gasteiger partial charge in [-0.05, 0) is 12.1 Å². The van der Waals surface area contributed by atoms with E-state index in [1.54, 1.807) is 0 Å². The summed E-state index contributed by atoms with van der Waals surface area (Å²) in [6, 6.07) is 3.57. The number of rotatable bonds is 1. The third-order valence-electron chi connectivity index (χ3n) is 2.34. The summed E-state index contributed by atoms with van der Waals surface area (Å²) in [6.45, 7) is 5.59. The lowest BCUT2D eigenvalue weighted by atomic mass is 9.97. The SMILES string of the molecule is CC(C)(C)c1nc(-c2cccc(C(F)(F)F)n2)no1. The number of hydrogen-bond donors (Lipinski definition) is 0. The Morgan fingerprint density at radius 2 is 1.74 bits per heavy atom. The maximum Gasteiger partial charge on any atom is 0.433 e. The first-order valence-electron chi connectivity index (χ1n) is 5.57. The molecule has 2 rings (SSSR count). The maximum absolute atomic E-state index is 12.6. The summed E-state index contributed by atoms with van der Waals surface area (Å²) in [5.41, 5.74) is -1.31. The molecule has 0 spiro atoms. The van der Waals surface area contributed by atoms with Crippen LogP contribution in [0.3, 0.4) is 0 Å². The van der Waals surface area contributed by atoms with E-state index in [-0.39, 0.29) is 16.9 Å². The number of hydrogen-bond acceptors (Lipinski definition) is 4. The maximum atomic E-state index is 12.6. The molecular weight excluding hydrogens is 259 g/mol. The summed E-state index contributed by atoms with van der Waals surface area (Å²) >= 11 is 0. The van der Waals surface area contributed by atoms with Crippen molar-refractivity contribution in [2.24, 2.45) is 0 Å². The Bertz CT molecular complexity index is 584. The van der Waals surface area contributed by atoms with E-state index in [1.165, 1.54) is 12.1 Å². The molecule has 0 radical (unpaired) electrons. The predicted octanol–water partition coefficient (Wildman–Crippen LogP) is 3.45. The molecule has 2 aromatic rings.